The van der Waals surface area contributed by atoms with Gasteiger partial charge in [0.25, 0.3) is 0 Å². The predicted octanol–water partition coefficient (Wildman–Crippen LogP) is 1.64. The van der Waals surface area contributed by atoms with Crippen molar-refractivity contribution in [3.8, 4) is 5.75 Å². The topological polar surface area (TPSA) is 32.3 Å². The molecule has 0 amide bonds. The molecule has 3 heteroatoms. The summed E-state index contributed by atoms with van der Waals surface area (Å²) in [5, 5.41) is 12.1. The normalized spacial score (nSPS) is 10.2. The zero-order valence-corrected chi connectivity index (χ0v) is 6.97. The van der Waals surface area contributed by atoms with Gasteiger partial charge in [-0.15, -0.1) is 0 Å². The summed E-state index contributed by atoms with van der Waals surface area (Å²) in [4.78, 5) is 0. The molecule has 66 valence electrons. The fraction of sp³-hybridized carbons (Fsp3) is 0.333. The summed E-state index contributed by atoms with van der Waals surface area (Å²) < 4.78 is 12.6. The molecule has 2 N–H and O–H groups in total. The van der Waals surface area contributed by atoms with Crippen LogP contribution >= 0.6 is 0 Å². The van der Waals surface area contributed by atoms with Gasteiger partial charge in [-0.2, -0.15) is 0 Å². The summed E-state index contributed by atoms with van der Waals surface area (Å²) in [6, 6.07) is 4.34. The predicted molar refractivity (Wildman–Crippen MR) is 45.4 cm³/mol. The van der Waals surface area contributed by atoms with Gasteiger partial charge in [0, 0.05) is 6.54 Å². The van der Waals surface area contributed by atoms with E-state index >= 15 is 0 Å². The van der Waals surface area contributed by atoms with E-state index in [2.05, 4.69) is 5.32 Å². The summed E-state index contributed by atoms with van der Waals surface area (Å²) in [6.07, 6.45) is 0. The Kier molecular flexibility index (Phi) is 3.05. The van der Waals surface area contributed by atoms with Crippen LogP contribution in [0.3, 0.4) is 0 Å². The van der Waals surface area contributed by atoms with E-state index in [0.717, 1.165) is 12.1 Å². The second-order valence-corrected chi connectivity index (χ2v) is 2.57. The second-order valence-electron chi connectivity index (χ2n) is 2.57. The Morgan fingerprint density at radius 2 is 2.25 bits per heavy atom. The number of nitrogens with one attached hydrogen (secondary N) is 1. The van der Waals surface area contributed by atoms with Gasteiger partial charge in [0.05, 0.1) is 0 Å². The lowest BCUT2D eigenvalue weighted by Gasteiger charge is -2.02. The Balaban J connectivity index is 2.69. The molecule has 0 saturated heterocycles. The lowest BCUT2D eigenvalue weighted by atomic mass is 10.2. The van der Waals surface area contributed by atoms with Crippen molar-refractivity contribution < 1.29 is 9.50 Å². The van der Waals surface area contributed by atoms with Crippen molar-refractivity contribution in [2.45, 2.75) is 13.5 Å². The van der Waals surface area contributed by atoms with Crippen LogP contribution in [-0.2, 0) is 6.54 Å². The smallest absolute Gasteiger partial charge is 0.164 e. The number of hydrogen-bond donors (Lipinski definition) is 2. The monoisotopic (exact) mass is 169 g/mol. The zero-order valence-electron chi connectivity index (χ0n) is 6.97. The van der Waals surface area contributed by atoms with Gasteiger partial charge in [-0.25, -0.2) is 4.39 Å². The van der Waals surface area contributed by atoms with Gasteiger partial charge < -0.3 is 10.4 Å². The van der Waals surface area contributed by atoms with Crippen molar-refractivity contribution in [2.24, 2.45) is 0 Å². The first kappa shape index (κ1) is 9.00. The minimum absolute atomic E-state index is 0.287. The van der Waals surface area contributed by atoms with E-state index in [0.29, 0.717) is 6.54 Å². The van der Waals surface area contributed by atoms with Crippen molar-refractivity contribution in [1.82, 2.24) is 5.32 Å². The Hall–Kier alpha value is -1.09. The Labute approximate surface area is 71.0 Å². The quantitative estimate of drug-likeness (QED) is 0.721. The summed E-state index contributed by atoms with van der Waals surface area (Å²) in [7, 11) is 0. The highest BCUT2D eigenvalue weighted by Gasteiger charge is 1.99. The third kappa shape index (κ3) is 2.20. The average Bonchev–Trinajstić information content (AvgIpc) is 2.07. The van der Waals surface area contributed by atoms with Crippen molar-refractivity contribution in [3.63, 3.8) is 0 Å². The molecular weight excluding hydrogens is 157 g/mol. The first-order valence-electron chi connectivity index (χ1n) is 3.92. The van der Waals surface area contributed by atoms with Crippen LogP contribution in [0.15, 0.2) is 18.2 Å². The van der Waals surface area contributed by atoms with Crippen molar-refractivity contribution in [2.75, 3.05) is 6.54 Å². The number of phenolic OH excluding ortho intramolecular Hbond substituents is 1. The Morgan fingerprint density at radius 3 is 2.83 bits per heavy atom. The molecule has 0 radical (unpaired) electrons. The molecule has 0 aliphatic carbocycles. The minimum atomic E-state index is -0.574. The third-order valence-electron chi connectivity index (χ3n) is 1.59. The van der Waals surface area contributed by atoms with Crippen molar-refractivity contribution in [1.29, 1.82) is 0 Å². The molecule has 2 nitrogen and oxygen atoms in total. The molecule has 0 heterocycles. The van der Waals surface area contributed by atoms with E-state index in [9.17, 15) is 4.39 Å². The van der Waals surface area contributed by atoms with Crippen LogP contribution in [-0.4, -0.2) is 11.7 Å². The molecule has 0 unspecified atom stereocenters. The molecule has 0 atom stereocenters. The molecule has 0 aliphatic heterocycles. The molecule has 0 saturated carbocycles. The number of hydrogen-bond acceptors (Lipinski definition) is 2. The molecule has 1 aromatic rings. The van der Waals surface area contributed by atoms with Gasteiger partial charge in [0.2, 0.25) is 0 Å². The summed E-state index contributed by atoms with van der Waals surface area (Å²) in [5.41, 5.74) is 0.885. The number of aromatic hydroxyl groups is 1. The zero-order chi connectivity index (χ0) is 8.97. The maximum atomic E-state index is 12.6. The number of halogens is 1. The summed E-state index contributed by atoms with van der Waals surface area (Å²) in [5.74, 6) is -0.861. The fourth-order valence-electron chi connectivity index (χ4n) is 0.938. The van der Waals surface area contributed by atoms with Gasteiger partial charge >= 0.3 is 0 Å². The van der Waals surface area contributed by atoms with Crippen molar-refractivity contribution in [3.05, 3.63) is 29.6 Å². The summed E-state index contributed by atoms with van der Waals surface area (Å²) in [6.45, 7) is 3.51. The van der Waals surface area contributed by atoms with E-state index in [1.807, 2.05) is 6.92 Å². The first-order valence-corrected chi connectivity index (χ1v) is 3.92. The van der Waals surface area contributed by atoms with Gasteiger partial charge in [-0.3, -0.25) is 0 Å². The lowest BCUT2D eigenvalue weighted by molar-refractivity contribution is 0.431. The number of benzene rings is 1. The molecule has 0 fully saturated rings. The van der Waals surface area contributed by atoms with Crippen LogP contribution < -0.4 is 5.32 Å². The molecule has 0 spiro atoms. The van der Waals surface area contributed by atoms with Crippen molar-refractivity contribution >= 4 is 0 Å². The van der Waals surface area contributed by atoms with E-state index in [1.165, 1.54) is 12.1 Å². The lowest BCUT2D eigenvalue weighted by Crippen LogP contribution is -2.11. The first-order chi connectivity index (χ1) is 5.74. The highest BCUT2D eigenvalue weighted by atomic mass is 19.1. The van der Waals surface area contributed by atoms with E-state index < -0.39 is 5.82 Å². The third-order valence-corrected chi connectivity index (χ3v) is 1.59. The van der Waals surface area contributed by atoms with Gasteiger partial charge in [0.15, 0.2) is 11.6 Å². The van der Waals surface area contributed by atoms with Gasteiger partial charge in [0.1, 0.15) is 0 Å². The fourth-order valence-corrected chi connectivity index (χ4v) is 0.938. The van der Waals surface area contributed by atoms with Crippen LogP contribution in [0, 0.1) is 5.82 Å². The average molecular weight is 169 g/mol. The SMILES string of the molecule is CCNCc1ccc(F)c(O)c1. The molecule has 12 heavy (non-hydrogen) atoms. The van der Waals surface area contributed by atoms with Crippen LogP contribution in [0.2, 0.25) is 0 Å². The minimum Gasteiger partial charge on any atom is -0.505 e. The summed E-state index contributed by atoms with van der Waals surface area (Å²) >= 11 is 0. The van der Waals surface area contributed by atoms with E-state index in [1.54, 1.807) is 6.07 Å². The standard InChI is InChI=1S/C9H12FNO/c1-2-11-6-7-3-4-8(10)9(12)5-7/h3-5,11-12H,2,6H2,1H3. The molecule has 0 aromatic heterocycles. The maximum absolute atomic E-state index is 12.6. The maximum Gasteiger partial charge on any atom is 0.164 e. The Morgan fingerprint density at radius 1 is 1.50 bits per heavy atom. The highest BCUT2D eigenvalue weighted by molar-refractivity contribution is 5.28. The van der Waals surface area contributed by atoms with Gasteiger partial charge in [-0.05, 0) is 24.2 Å². The Bertz CT molecular complexity index is 263. The van der Waals surface area contributed by atoms with Crippen LogP contribution in [0.5, 0.6) is 5.75 Å². The molecule has 1 rings (SSSR count). The number of rotatable bonds is 3. The van der Waals surface area contributed by atoms with Gasteiger partial charge in [-0.1, -0.05) is 13.0 Å². The number of phenols is 1. The van der Waals surface area contributed by atoms with E-state index in [-0.39, 0.29) is 5.75 Å². The molecular formula is C9H12FNO. The molecule has 0 aliphatic rings. The highest BCUT2D eigenvalue weighted by Crippen LogP contribution is 2.16. The van der Waals surface area contributed by atoms with E-state index in [4.69, 9.17) is 5.11 Å². The molecule has 1 aromatic carbocycles. The second kappa shape index (κ2) is 4.07. The molecule has 0 bridgehead atoms. The van der Waals surface area contributed by atoms with Crippen LogP contribution in [0.25, 0.3) is 0 Å². The van der Waals surface area contributed by atoms with Crippen LogP contribution in [0.1, 0.15) is 12.5 Å². The largest absolute Gasteiger partial charge is 0.505 e. The van der Waals surface area contributed by atoms with Crippen LogP contribution in [0.4, 0.5) is 4.39 Å².